The molecule has 1 nitrogen and oxygen atoms in total. The van der Waals surface area contributed by atoms with E-state index in [0.717, 1.165) is 0 Å². The van der Waals surface area contributed by atoms with E-state index < -0.39 is 0 Å². The predicted octanol–water partition coefficient (Wildman–Crippen LogP) is 2.00. The highest BCUT2D eigenvalue weighted by molar-refractivity contribution is 5.59. The Kier molecular flexibility index (Phi) is 3.49. The van der Waals surface area contributed by atoms with E-state index in [4.69, 9.17) is 0 Å². The number of rotatable bonds is 2. The molecular formula is C7H14N. The molecule has 0 fully saturated rings. The van der Waals surface area contributed by atoms with Crippen molar-refractivity contribution in [2.24, 2.45) is 10.9 Å². The number of hydrogen-bond donors (Lipinski definition) is 0. The van der Waals surface area contributed by atoms with Crippen LogP contribution >= 0.6 is 0 Å². The molecule has 0 aliphatic rings. The standard InChI is InChI=1S/C7H14N/c1-6(2)5-8-7(3)4/h6-7H,1-4H3. The molecule has 0 saturated carbocycles. The van der Waals surface area contributed by atoms with Crippen LogP contribution < -0.4 is 0 Å². The van der Waals surface area contributed by atoms with E-state index in [0.29, 0.717) is 12.0 Å². The van der Waals surface area contributed by atoms with Crippen molar-refractivity contribution in [2.75, 3.05) is 0 Å². The summed E-state index contributed by atoms with van der Waals surface area (Å²) in [6.07, 6.45) is 2.97. The first kappa shape index (κ1) is 7.67. The summed E-state index contributed by atoms with van der Waals surface area (Å²) in [4.78, 5) is 4.07. The zero-order valence-corrected chi connectivity index (χ0v) is 6.10. The first-order valence-electron chi connectivity index (χ1n) is 3.08. The summed E-state index contributed by atoms with van der Waals surface area (Å²) in [5.41, 5.74) is 0. The SMILES string of the molecule is CC(C)/[C]=N\C(C)C. The van der Waals surface area contributed by atoms with Crippen LogP contribution in [0, 0.1) is 5.92 Å². The molecule has 0 rings (SSSR count). The van der Waals surface area contributed by atoms with Crippen LogP contribution in [0.4, 0.5) is 0 Å². The fourth-order valence-corrected chi connectivity index (χ4v) is 0.298. The Morgan fingerprint density at radius 3 is 1.75 bits per heavy atom. The summed E-state index contributed by atoms with van der Waals surface area (Å²) in [6.45, 7) is 8.25. The molecule has 47 valence electrons. The zero-order chi connectivity index (χ0) is 6.57. The Balaban J connectivity index is 3.34. The smallest absolute Gasteiger partial charge is 0.0589 e. The minimum atomic E-state index is 0.400. The molecule has 0 aromatic carbocycles. The van der Waals surface area contributed by atoms with E-state index in [9.17, 15) is 0 Å². The monoisotopic (exact) mass is 112 g/mol. The van der Waals surface area contributed by atoms with Crippen molar-refractivity contribution in [3.05, 3.63) is 0 Å². The van der Waals surface area contributed by atoms with Gasteiger partial charge >= 0.3 is 0 Å². The van der Waals surface area contributed by atoms with Gasteiger partial charge in [0.1, 0.15) is 0 Å². The van der Waals surface area contributed by atoms with E-state index >= 15 is 0 Å². The number of hydrogen-bond acceptors (Lipinski definition) is 1. The topological polar surface area (TPSA) is 12.4 Å². The molecule has 0 heterocycles. The molecule has 0 aromatic rings. The van der Waals surface area contributed by atoms with Gasteiger partial charge in [-0.3, -0.25) is 4.99 Å². The second kappa shape index (κ2) is 3.65. The third-order valence-corrected chi connectivity index (χ3v) is 0.591. The summed E-state index contributed by atoms with van der Waals surface area (Å²) in [7, 11) is 0. The fourth-order valence-electron chi connectivity index (χ4n) is 0.298. The van der Waals surface area contributed by atoms with Crippen LogP contribution in [0.2, 0.25) is 0 Å². The highest BCUT2D eigenvalue weighted by Gasteiger charge is 1.87. The van der Waals surface area contributed by atoms with Gasteiger partial charge in [-0.25, -0.2) is 0 Å². The highest BCUT2D eigenvalue weighted by atomic mass is 14.7. The first-order chi connectivity index (χ1) is 3.63. The summed E-state index contributed by atoms with van der Waals surface area (Å²) < 4.78 is 0. The van der Waals surface area contributed by atoms with Gasteiger partial charge in [-0.1, -0.05) is 13.8 Å². The average Bonchev–Trinajstić information content (AvgIpc) is 1.61. The average molecular weight is 112 g/mol. The maximum atomic E-state index is 4.07. The van der Waals surface area contributed by atoms with Crippen molar-refractivity contribution in [2.45, 2.75) is 33.7 Å². The lowest BCUT2D eigenvalue weighted by molar-refractivity contribution is 0.812. The lowest BCUT2D eigenvalue weighted by atomic mass is 10.2. The molecular weight excluding hydrogens is 98.1 g/mol. The second-order valence-corrected chi connectivity index (χ2v) is 2.51. The van der Waals surface area contributed by atoms with E-state index in [1.165, 1.54) is 0 Å². The van der Waals surface area contributed by atoms with Crippen molar-refractivity contribution in [1.29, 1.82) is 0 Å². The van der Waals surface area contributed by atoms with Crippen molar-refractivity contribution < 1.29 is 0 Å². The van der Waals surface area contributed by atoms with Crippen LogP contribution in [0.25, 0.3) is 0 Å². The van der Waals surface area contributed by atoms with Crippen LogP contribution in [0.1, 0.15) is 27.7 Å². The second-order valence-electron chi connectivity index (χ2n) is 2.51. The Labute approximate surface area is 51.8 Å². The van der Waals surface area contributed by atoms with Crippen LogP contribution in [0.5, 0.6) is 0 Å². The Morgan fingerprint density at radius 2 is 1.62 bits per heavy atom. The van der Waals surface area contributed by atoms with Gasteiger partial charge in [0.15, 0.2) is 0 Å². The third-order valence-electron chi connectivity index (χ3n) is 0.591. The Hall–Kier alpha value is -0.330. The predicted molar refractivity (Wildman–Crippen MR) is 37.4 cm³/mol. The van der Waals surface area contributed by atoms with Gasteiger partial charge in [0.05, 0.1) is 6.21 Å². The van der Waals surface area contributed by atoms with E-state index in [2.05, 4.69) is 38.9 Å². The molecule has 0 amide bonds. The van der Waals surface area contributed by atoms with Gasteiger partial charge < -0.3 is 0 Å². The molecule has 0 aromatic heterocycles. The van der Waals surface area contributed by atoms with E-state index in [1.807, 2.05) is 0 Å². The number of nitrogens with zero attached hydrogens (tertiary/aromatic N) is 1. The molecule has 0 unspecified atom stereocenters. The van der Waals surface area contributed by atoms with Crippen molar-refractivity contribution in [3.63, 3.8) is 0 Å². The maximum Gasteiger partial charge on any atom is 0.0589 e. The molecule has 0 aliphatic carbocycles. The molecule has 1 radical (unpaired) electrons. The van der Waals surface area contributed by atoms with Crippen molar-refractivity contribution in [1.82, 2.24) is 0 Å². The lowest BCUT2D eigenvalue weighted by Crippen LogP contribution is -1.93. The van der Waals surface area contributed by atoms with Gasteiger partial charge in [-0.05, 0) is 19.8 Å². The quantitative estimate of drug-likeness (QED) is 0.484. The van der Waals surface area contributed by atoms with Crippen molar-refractivity contribution in [3.8, 4) is 0 Å². The first-order valence-corrected chi connectivity index (χ1v) is 3.08. The van der Waals surface area contributed by atoms with Crippen LogP contribution in [-0.4, -0.2) is 12.3 Å². The summed E-state index contributed by atoms with van der Waals surface area (Å²) in [6, 6.07) is 0.400. The minimum Gasteiger partial charge on any atom is -0.285 e. The van der Waals surface area contributed by atoms with Crippen LogP contribution in [0.15, 0.2) is 4.99 Å². The Bertz CT molecular complexity index is 62.5. The van der Waals surface area contributed by atoms with Crippen LogP contribution in [-0.2, 0) is 0 Å². The fraction of sp³-hybridized carbons (Fsp3) is 0.857. The maximum absolute atomic E-state index is 4.07. The minimum absolute atomic E-state index is 0.400. The molecule has 0 aliphatic heterocycles. The van der Waals surface area contributed by atoms with E-state index in [1.54, 1.807) is 0 Å². The third kappa shape index (κ3) is 5.67. The summed E-state index contributed by atoms with van der Waals surface area (Å²) in [5, 5.41) is 0. The summed E-state index contributed by atoms with van der Waals surface area (Å²) >= 11 is 0. The Morgan fingerprint density at radius 1 is 1.12 bits per heavy atom. The van der Waals surface area contributed by atoms with Crippen molar-refractivity contribution >= 4 is 6.21 Å². The molecule has 0 bridgehead atoms. The van der Waals surface area contributed by atoms with Gasteiger partial charge in [0, 0.05) is 6.04 Å². The highest BCUT2D eigenvalue weighted by Crippen LogP contribution is 1.89. The van der Waals surface area contributed by atoms with Gasteiger partial charge in [-0.2, -0.15) is 0 Å². The normalized spacial score (nSPS) is 12.2. The molecule has 0 N–H and O–H groups in total. The molecule has 8 heavy (non-hydrogen) atoms. The van der Waals surface area contributed by atoms with Gasteiger partial charge in [0.2, 0.25) is 0 Å². The van der Waals surface area contributed by atoms with Gasteiger partial charge in [-0.15, -0.1) is 0 Å². The molecule has 1 heteroatoms. The summed E-state index contributed by atoms with van der Waals surface area (Å²) in [5.74, 6) is 0.470. The molecule has 0 saturated heterocycles. The molecule has 0 spiro atoms. The lowest BCUT2D eigenvalue weighted by Gasteiger charge is -1.94. The largest absolute Gasteiger partial charge is 0.285 e. The molecule has 0 atom stereocenters. The number of aliphatic imine (C=N–C) groups is 1. The van der Waals surface area contributed by atoms with Crippen LogP contribution in [0.3, 0.4) is 0 Å². The van der Waals surface area contributed by atoms with E-state index in [-0.39, 0.29) is 0 Å². The van der Waals surface area contributed by atoms with Gasteiger partial charge in [0.25, 0.3) is 0 Å². The zero-order valence-electron chi connectivity index (χ0n) is 6.10.